The molecule has 1 unspecified atom stereocenters. The molecule has 0 aliphatic carbocycles. The minimum Gasteiger partial charge on any atom is -0.494 e. The van der Waals surface area contributed by atoms with Crippen molar-refractivity contribution < 1.29 is 19.0 Å². The molecule has 0 radical (unpaired) electrons. The molecule has 1 aliphatic rings. The standard InChI is InChI=1S/C37H50N4O4S/c1-2-3-4-5-6-7-8-12-31(45-37(38)42)28-44-36-18-16-29-15-17-30(27-33(29)39-36)43-25-10-9-20-40-21-23-41(24-22-40)34-13-11-14-35-32(34)19-26-46-35/h11,13-19,26-27,31H,2-10,12,20-25,28H2,1H3,(H2,38,42). The van der Waals surface area contributed by atoms with Gasteiger partial charge in [-0.25, -0.2) is 9.78 Å². The highest BCUT2D eigenvalue weighted by molar-refractivity contribution is 7.17. The van der Waals surface area contributed by atoms with Gasteiger partial charge in [-0.3, -0.25) is 4.90 Å². The monoisotopic (exact) mass is 646 g/mol. The van der Waals surface area contributed by atoms with E-state index in [9.17, 15) is 4.79 Å². The first-order valence-electron chi connectivity index (χ1n) is 17.1. The second-order valence-corrected chi connectivity index (χ2v) is 13.2. The Hall–Kier alpha value is -3.56. The van der Waals surface area contributed by atoms with Crippen LogP contribution in [0.25, 0.3) is 21.0 Å². The second-order valence-electron chi connectivity index (χ2n) is 12.3. The first-order chi connectivity index (χ1) is 22.6. The Kier molecular flexibility index (Phi) is 13.2. The fourth-order valence-electron chi connectivity index (χ4n) is 6.19. The number of thiophene rings is 1. The number of ether oxygens (including phenoxy) is 3. The predicted molar refractivity (Wildman–Crippen MR) is 190 cm³/mol. The number of unbranched alkanes of at least 4 members (excludes halogenated alkanes) is 7. The number of nitrogens with two attached hydrogens (primary N) is 1. The van der Waals surface area contributed by atoms with E-state index in [0.717, 1.165) is 81.5 Å². The number of amides is 1. The van der Waals surface area contributed by atoms with Gasteiger partial charge in [-0.1, -0.05) is 51.5 Å². The van der Waals surface area contributed by atoms with Crippen molar-refractivity contribution in [2.24, 2.45) is 5.73 Å². The molecule has 1 saturated heterocycles. The third-order valence-corrected chi connectivity index (χ3v) is 9.67. The number of aromatic nitrogens is 1. The van der Waals surface area contributed by atoms with Crippen molar-refractivity contribution in [3.05, 3.63) is 60.0 Å². The Labute approximate surface area is 277 Å². The highest BCUT2D eigenvalue weighted by atomic mass is 32.1. The van der Waals surface area contributed by atoms with Crippen LogP contribution < -0.4 is 20.1 Å². The summed E-state index contributed by atoms with van der Waals surface area (Å²) in [5.74, 6) is 1.30. The van der Waals surface area contributed by atoms with E-state index in [-0.39, 0.29) is 12.7 Å². The van der Waals surface area contributed by atoms with E-state index in [2.05, 4.69) is 51.4 Å². The minimum absolute atomic E-state index is 0.229. The maximum absolute atomic E-state index is 11.4. The van der Waals surface area contributed by atoms with Crippen LogP contribution in [0.1, 0.15) is 71.1 Å². The summed E-state index contributed by atoms with van der Waals surface area (Å²) in [5, 5.41) is 4.58. The van der Waals surface area contributed by atoms with Crippen molar-refractivity contribution in [1.82, 2.24) is 9.88 Å². The Morgan fingerprint density at radius 3 is 2.54 bits per heavy atom. The molecule has 46 heavy (non-hydrogen) atoms. The Morgan fingerprint density at radius 1 is 0.913 bits per heavy atom. The third kappa shape index (κ3) is 10.2. The van der Waals surface area contributed by atoms with Gasteiger partial charge in [0.1, 0.15) is 18.5 Å². The van der Waals surface area contributed by atoms with Crippen molar-refractivity contribution in [3.63, 3.8) is 0 Å². The number of hydrogen-bond acceptors (Lipinski definition) is 8. The SMILES string of the molecule is CCCCCCCCCC(COc1ccc2ccc(OCCCCN3CCN(c4cccc5sccc45)CC3)cc2n1)OC(N)=O. The van der Waals surface area contributed by atoms with E-state index in [1.54, 1.807) is 0 Å². The maximum atomic E-state index is 11.4. The molecule has 8 nitrogen and oxygen atoms in total. The summed E-state index contributed by atoms with van der Waals surface area (Å²) in [7, 11) is 0. The van der Waals surface area contributed by atoms with Gasteiger partial charge >= 0.3 is 6.09 Å². The lowest BCUT2D eigenvalue weighted by atomic mass is 10.1. The molecule has 0 bridgehead atoms. The molecule has 1 fully saturated rings. The topological polar surface area (TPSA) is 90.2 Å². The lowest BCUT2D eigenvalue weighted by Gasteiger charge is -2.36. The zero-order chi connectivity index (χ0) is 32.0. The van der Waals surface area contributed by atoms with Crippen LogP contribution in [0.15, 0.2) is 60.0 Å². The molecule has 5 rings (SSSR count). The molecule has 1 amide bonds. The zero-order valence-corrected chi connectivity index (χ0v) is 28.1. The summed E-state index contributed by atoms with van der Waals surface area (Å²) in [6.45, 7) is 8.55. The fourth-order valence-corrected chi connectivity index (χ4v) is 7.00. The molecule has 1 atom stereocenters. The van der Waals surface area contributed by atoms with E-state index in [1.165, 1.54) is 47.9 Å². The summed E-state index contributed by atoms with van der Waals surface area (Å²) in [4.78, 5) is 21.2. The quantitative estimate of drug-likeness (QED) is 0.102. The van der Waals surface area contributed by atoms with Crippen LogP contribution >= 0.6 is 11.3 Å². The molecule has 4 aromatic rings. The van der Waals surface area contributed by atoms with Gasteiger partial charge in [0.2, 0.25) is 5.88 Å². The lowest BCUT2D eigenvalue weighted by Crippen LogP contribution is -2.46. The Morgan fingerprint density at radius 2 is 1.72 bits per heavy atom. The summed E-state index contributed by atoms with van der Waals surface area (Å²) in [6.07, 6.45) is 10.1. The highest BCUT2D eigenvalue weighted by Crippen LogP contribution is 2.31. The largest absolute Gasteiger partial charge is 0.494 e. The molecule has 2 N–H and O–H groups in total. The Bertz CT molecular complexity index is 1500. The zero-order valence-electron chi connectivity index (χ0n) is 27.3. The van der Waals surface area contributed by atoms with Crippen LogP contribution in [-0.4, -0.2) is 68.0 Å². The molecule has 3 heterocycles. The number of fused-ring (bicyclic) bond motifs is 2. The van der Waals surface area contributed by atoms with E-state index in [1.807, 2.05) is 41.7 Å². The first kappa shape index (κ1) is 33.8. The van der Waals surface area contributed by atoms with Crippen molar-refractivity contribution in [3.8, 4) is 11.6 Å². The molecule has 9 heteroatoms. The fraction of sp³-hybridized carbons (Fsp3) is 0.514. The van der Waals surface area contributed by atoms with E-state index < -0.39 is 6.09 Å². The molecule has 2 aromatic heterocycles. The molecular formula is C37H50N4O4S. The number of nitrogens with zero attached hydrogens (tertiary/aromatic N) is 3. The number of hydrogen-bond donors (Lipinski definition) is 1. The average molecular weight is 647 g/mol. The van der Waals surface area contributed by atoms with Crippen LogP contribution in [0.3, 0.4) is 0 Å². The van der Waals surface area contributed by atoms with Crippen molar-refractivity contribution in [2.75, 3.05) is 50.8 Å². The number of primary amides is 1. The smallest absolute Gasteiger partial charge is 0.404 e. The molecule has 248 valence electrons. The number of pyridine rings is 1. The van der Waals surface area contributed by atoms with Gasteiger partial charge in [0, 0.05) is 59.5 Å². The van der Waals surface area contributed by atoms with Gasteiger partial charge in [0.25, 0.3) is 0 Å². The number of carbonyl (C=O) groups excluding carboxylic acids is 1. The molecular weight excluding hydrogens is 596 g/mol. The van der Waals surface area contributed by atoms with E-state index >= 15 is 0 Å². The van der Waals surface area contributed by atoms with Crippen molar-refractivity contribution in [2.45, 2.75) is 77.2 Å². The van der Waals surface area contributed by atoms with Crippen LogP contribution in [0.2, 0.25) is 0 Å². The van der Waals surface area contributed by atoms with Crippen LogP contribution in [0, 0.1) is 0 Å². The van der Waals surface area contributed by atoms with Crippen molar-refractivity contribution in [1.29, 1.82) is 0 Å². The third-order valence-electron chi connectivity index (χ3n) is 8.79. The van der Waals surface area contributed by atoms with Gasteiger partial charge in [0.05, 0.1) is 12.1 Å². The summed E-state index contributed by atoms with van der Waals surface area (Å²) in [6, 6.07) is 18.7. The minimum atomic E-state index is -0.768. The lowest BCUT2D eigenvalue weighted by molar-refractivity contribution is 0.0635. The van der Waals surface area contributed by atoms with Crippen molar-refractivity contribution >= 4 is 44.1 Å². The van der Waals surface area contributed by atoms with Gasteiger partial charge < -0.3 is 24.8 Å². The molecule has 2 aromatic carbocycles. The van der Waals surface area contributed by atoms with Crippen LogP contribution in [-0.2, 0) is 4.74 Å². The van der Waals surface area contributed by atoms with Crippen LogP contribution in [0.5, 0.6) is 11.6 Å². The van der Waals surface area contributed by atoms with Gasteiger partial charge in [-0.15, -0.1) is 11.3 Å². The Balaban J connectivity index is 1.01. The molecule has 0 saturated carbocycles. The van der Waals surface area contributed by atoms with E-state index in [4.69, 9.17) is 19.9 Å². The summed E-state index contributed by atoms with van der Waals surface area (Å²) in [5.41, 5.74) is 7.50. The normalized spacial score (nSPS) is 14.5. The number of anilines is 1. The van der Waals surface area contributed by atoms with E-state index in [0.29, 0.717) is 12.5 Å². The van der Waals surface area contributed by atoms with Gasteiger partial charge in [0.15, 0.2) is 0 Å². The first-order valence-corrected chi connectivity index (χ1v) is 18.0. The van der Waals surface area contributed by atoms with Gasteiger partial charge in [-0.05, 0) is 74.0 Å². The van der Waals surface area contributed by atoms with Gasteiger partial charge in [-0.2, -0.15) is 0 Å². The molecule has 0 spiro atoms. The number of piperazine rings is 1. The van der Waals surface area contributed by atoms with Crippen LogP contribution in [0.4, 0.5) is 10.5 Å². The number of rotatable bonds is 19. The number of carbonyl (C=O) groups is 1. The highest BCUT2D eigenvalue weighted by Gasteiger charge is 2.19. The maximum Gasteiger partial charge on any atom is 0.404 e. The summed E-state index contributed by atoms with van der Waals surface area (Å²) >= 11 is 1.81. The number of benzene rings is 2. The second kappa shape index (κ2) is 18.0. The predicted octanol–water partition coefficient (Wildman–Crippen LogP) is 8.41. The average Bonchev–Trinajstić information content (AvgIpc) is 3.56. The summed E-state index contributed by atoms with van der Waals surface area (Å²) < 4.78 is 18.7. The molecule has 1 aliphatic heterocycles.